The van der Waals surface area contributed by atoms with Gasteiger partial charge in [-0.3, -0.25) is 0 Å². The molecule has 0 spiro atoms. The van der Waals surface area contributed by atoms with E-state index in [-0.39, 0.29) is 12.0 Å². The Hall–Kier alpha value is -1.10. The van der Waals surface area contributed by atoms with E-state index in [1.807, 2.05) is 12.1 Å². The van der Waals surface area contributed by atoms with E-state index < -0.39 is 0 Å². The Morgan fingerprint density at radius 1 is 1.42 bits per heavy atom. The molecule has 0 aromatic heterocycles. The lowest BCUT2D eigenvalue weighted by atomic mass is 9.87. The van der Waals surface area contributed by atoms with Crippen molar-refractivity contribution in [1.82, 2.24) is 5.32 Å². The van der Waals surface area contributed by atoms with Crippen LogP contribution in [0.3, 0.4) is 0 Å². The van der Waals surface area contributed by atoms with E-state index in [1.165, 1.54) is 5.56 Å². The molecular formula is C15H23NO3. The minimum Gasteiger partial charge on any atom is -0.494 e. The third kappa shape index (κ3) is 3.93. The van der Waals surface area contributed by atoms with E-state index >= 15 is 0 Å². The van der Waals surface area contributed by atoms with Gasteiger partial charge in [0.15, 0.2) is 0 Å². The van der Waals surface area contributed by atoms with E-state index in [4.69, 9.17) is 9.47 Å². The number of rotatable bonds is 8. The average molecular weight is 265 g/mol. The van der Waals surface area contributed by atoms with Gasteiger partial charge in [0.25, 0.3) is 0 Å². The summed E-state index contributed by atoms with van der Waals surface area (Å²) in [6.45, 7) is 5.89. The molecule has 0 amide bonds. The summed E-state index contributed by atoms with van der Waals surface area (Å²) in [6, 6.07) is 8.13. The highest BCUT2D eigenvalue weighted by molar-refractivity contribution is 5.28. The number of aliphatic hydroxyl groups excluding tert-OH is 1. The van der Waals surface area contributed by atoms with Gasteiger partial charge in [0, 0.05) is 13.1 Å². The van der Waals surface area contributed by atoms with Crippen LogP contribution in [0.15, 0.2) is 24.3 Å². The summed E-state index contributed by atoms with van der Waals surface area (Å²) in [7, 11) is 0. The first kappa shape index (κ1) is 14.3. The summed E-state index contributed by atoms with van der Waals surface area (Å²) in [5.74, 6) is 0.921. The first-order chi connectivity index (χ1) is 9.28. The van der Waals surface area contributed by atoms with Crippen LogP contribution in [0, 0.1) is 5.41 Å². The summed E-state index contributed by atoms with van der Waals surface area (Å²) in [5, 5.41) is 12.7. The lowest BCUT2D eigenvalue weighted by Gasteiger charge is -2.40. The second-order valence-corrected chi connectivity index (χ2v) is 5.25. The second kappa shape index (κ2) is 6.89. The van der Waals surface area contributed by atoms with Crippen LogP contribution in [0.2, 0.25) is 0 Å². The smallest absolute Gasteiger partial charge is 0.119 e. The summed E-state index contributed by atoms with van der Waals surface area (Å²) in [5.41, 5.74) is 1.12. The van der Waals surface area contributed by atoms with Gasteiger partial charge in [-0.05, 0) is 24.1 Å². The number of ether oxygens (including phenoxy) is 2. The van der Waals surface area contributed by atoms with Crippen molar-refractivity contribution in [1.29, 1.82) is 0 Å². The molecule has 1 aromatic rings. The molecule has 0 saturated carbocycles. The lowest BCUT2D eigenvalue weighted by Crippen LogP contribution is -2.52. The molecular weight excluding hydrogens is 242 g/mol. The molecule has 1 aliphatic rings. The van der Waals surface area contributed by atoms with E-state index in [1.54, 1.807) is 0 Å². The molecule has 1 heterocycles. The first-order valence-corrected chi connectivity index (χ1v) is 6.89. The Morgan fingerprint density at radius 3 is 2.89 bits per heavy atom. The topological polar surface area (TPSA) is 50.7 Å². The van der Waals surface area contributed by atoms with Crippen LogP contribution in [-0.4, -0.2) is 38.1 Å². The lowest BCUT2D eigenvalue weighted by molar-refractivity contribution is -0.134. The maximum Gasteiger partial charge on any atom is 0.119 e. The quantitative estimate of drug-likeness (QED) is 0.749. The highest BCUT2D eigenvalue weighted by atomic mass is 16.5. The summed E-state index contributed by atoms with van der Waals surface area (Å²) < 4.78 is 10.8. The molecule has 0 radical (unpaired) electrons. The maximum absolute atomic E-state index is 9.33. The average Bonchev–Trinajstić information content (AvgIpc) is 2.40. The highest BCUT2D eigenvalue weighted by Crippen LogP contribution is 2.25. The molecule has 1 saturated heterocycles. The molecule has 1 aliphatic heterocycles. The van der Waals surface area contributed by atoms with Gasteiger partial charge in [-0.25, -0.2) is 0 Å². The fourth-order valence-electron chi connectivity index (χ4n) is 2.08. The van der Waals surface area contributed by atoms with Crippen LogP contribution in [0.5, 0.6) is 5.75 Å². The molecule has 0 unspecified atom stereocenters. The Morgan fingerprint density at radius 2 is 2.26 bits per heavy atom. The van der Waals surface area contributed by atoms with Gasteiger partial charge in [0.1, 0.15) is 5.75 Å². The van der Waals surface area contributed by atoms with Crippen molar-refractivity contribution in [2.45, 2.75) is 19.9 Å². The molecule has 19 heavy (non-hydrogen) atoms. The van der Waals surface area contributed by atoms with Crippen LogP contribution in [0.25, 0.3) is 0 Å². The predicted molar refractivity (Wildman–Crippen MR) is 74.3 cm³/mol. The Labute approximate surface area is 114 Å². The largest absolute Gasteiger partial charge is 0.494 e. The van der Waals surface area contributed by atoms with Crippen molar-refractivity contribution >= 4 is 0 Å². The Balaban J connectivity index is 1.79. The minimum atomic E-state index is -0.0731. The number of hydrogen-bond donors (Lipinski definition) is 2. The molecule has 4 heteroatoms. The Kier molecular flexibility index (Phi) is 5.19. The molecule has 106 valence electrons. The van der Waals surface area contributed by atoms with Crippen molar-refractivity contribution in [2.24, 2.45) is 5.41 Å². The maximum atomic E-state index is 9.33. The zero-order chi connectivity index (χ0) is 13.6. The van der Waals surface area contributed by atoms with Gasteiger partial charge in [-0.15, -0.1) is 0 Å². The number of hydrogen-bond acceptors (Lipinski definition) is 4. The molecule has 1 aromatic carbocycles. The van der Waals surface area contributed by atoms with E-state index in [0.717, 1.165) is 31.9 Å². The summed E-state index contributed by atoms with van der Waals surface area (Å²) in [6.07, 6.45) is 1.02. The van der Waals surface area contributed by atoms with Gasteiger partial charge in [-0.1, -0.05) is 19.1 Å². The highest BCUT2D eigenvalue weighted by Gasteiger charge is 2.37. The monoisotopic (exact) mass is 265 g/mol. The van der Waals surface area contributed by atoms with Gasteiger partial charge >= 0.3 is 0 Å². The van der Waals surface area contributed by atoms with Crippen LogP contribution in [0.1, 0.15) is 18.9 Å². The molecule has 2 rings (SSSR count). The van der Waals surface area contributed by atoms with E-state index in [2.05, 4.69) is 24.4 Å². The minimum absolute atomic E-state index is 0.0731. The summed E-state index contributed by atoms with van der Waals surface area (Å²) >= 11 is 0. The van der Waals surface area contributed by atoms with Gasteiger partial charge in [0.2, 0.25) is 0 Å². The standard InChI is InChI=1S/C15H23NO3/c1-2-6-19-14-5-3-4-13(7-14)8-16-9-15(10-17)11-18-12-15/h3-5,7,16-17H,2,6,8-12H2,1H3. The first-order valence-electron chi connectivity index (χ1n) is 6.89. The van der Waals surface area contributed by atoms with Crippen molar-refractivity contribution in [3.8, 4) is 5.75 Å². The fourth-order valence-corrected chi connectivity index (χ4v) is 2.08. The normalized spacial score (nSPS) is 16.9. The molecule has 4 nitrogen and oxygen atoms in total. The van der Waals surface area contributed by atoms with Crippen LogP contribution in [0.4, 0.5) is 0 Å². The number of benzene rings is 1. The van der Waals surface area contributed by atoms with E-state index in [0.29, 0.717) is 13.2 Å². The third-order valence-electron chi connectivity index (χ3n) is 3.35. The van der Waals surface area contributed by atoms with Crippen molar-refractivity contribution < 1.29 is 14.6 Å². The zero-order valence-corrected chi connectivity index (χ0v) is 11.5. The van der Waals surface area contributed by atoms with Gasteiger partial charge in [0.05, 0.1) is 31.8 Å². The summed E-state index contributed by atoms with van der Waals surface area (Å²) in [4.78, 5) is 0. The Bertz CT molecular complexity index is 385. The van der Waals surface area contributed by atoms with Crippen molar-refractivity contribution in [3.05, 3.63) is 29.8 Å². The number of aliphatic hydroxyl groups is 1. The SMILES string of the molecule is CCCOc1cccc(CNCC2(CO)COC2)c1. The third-order valence-corrected chi connectivity index (χ3v) is 3.35. The molecule has 2 N–H and O–H groups in total. The number of nitrogens with one attached hydrogen (secondary N) is 1. The van der Waals surface area contributed by atoms with Crippen LogP contribution in [-0.2, 0) is 11.3 Å². The molecule has 0 aliphatic carbocycles. The van der Waals surface area contributed by atoms with Gasteiger partial charge in [-0.2, -0.15) is 0 Å². The van der Waals surface area contributed by atoms with Crippen LogP contribution < -0.4 is 10.1 Å². The second-order valence-electron chi connectivity index (χ2n) is 5.25. The van der Waals surface area contributed by atoms with Crippen LogP contribution >= 0.6 is 0 Å². The van der Waals surface area contributed by atoms with Crippen molar-refractivity contribution in [3.63, 3.8) is 0 Å². The fraction of sp³-hybridized carbons (Fsp3) is 0.600. The van der Waals surface area contributed by atoms with E-state index in [9.17, 15) is 5.11 Å². The molecule has 0 bridgehead atoms. The molecule has 0 atom stereocenters. The van der Waals surface area contributed by atoms with Gasteiger partial charge < -0.3 is 19.9 Å². The predicted octanol–water partition coefficient (Wildman–Crippen LogP) is 1.57. The van der Waals surface area contributed by atoms with Crippen molar-refractivity contribution in [2.75, 3.05) is 33.0 Å². The zero-order valence-electron chi connectivity index (χ0n) is 11.5. The molecule has 1 fully saturated rings.